The van der Waals surface area contributed by atoms with Gasteiger partial charge in [0.05, 0.1) is 11.1 Å². The Morgan fingerprint density at radius 3 is 2.75 bits per heavy atom. The number of aryl methyl sites for hydroxylation is 1. The van der Waals surface area contributed by atoms with E-state index in [4.69, 9.17) is 18.0 Å². The number of nitrogens with one attached hydrogen (secondary N) is 1. The number of aromatic nitrogens is 1. The predicted molar refractivity (Wildman–Crippen MR) is 92.9 cm³/mol. The molecule has 2 aromatic rings. The molecule has 124 valence electrons. The van der Waals surface area contributed by atoms with Crippen LogP contribution in [0.5, 0.6) is 0 Å². The van der Waals surface area contributed by atoms with Crippen molar-refractivity contribution >= 4 is 34.5 Å². The maximum atomic E-state index is 12.0. The van der Waals surface area contributed by atoms with Crippen LogP contribution in [0, 0.1) is 10.1 Å². The van der Waals surface area contributed by atoms with Crippen molar-refractivity contribution in [2.75, 3.05) is 5.32 Å². The monoisotopic (exact) mass is 346 g/mol. The van der Waals surface area contributed by atoms with E-state index < -0.39 is 10.5 Å². The zero-order chi connectivity index (χ0) is 17.7. The predicted octanol–water partition coefficient (Wildman–Crippen LogP) is 1.42. The van der Waals surface area contributed by atoms with Gasteiger partial charge < -0.3 is 15.6 Å². The van der Waals surface area contributed by atoms with Crippen LogP contribution >= 0.6 is 12.2 Å². The van der Waals surface area contributed by atoms with Gasteiger partial charge in [0.25, 0.3) is 11.2 Å². The number of hydrogen-bond acceptors (Lipinski definition) is 5. The van der Waals surface area contributed by atoms with Crippen molar-refractivity contribution in [2.24, 2.45) is 5.73 Å². The summed E-state index contributed by atoms with van der Waals surface area (Å²) in [5, 5.41) is 13.4. The third-order valence-corrected chi connectivity index (χ3v) is 3.42. The van der Waals surface area contributed by atoms with E-state index in [1.54, 1.807) is 24.3 Å². The minimum atomic E-state index is -0.600. The van der Waals surface area contributed by atoms with E-state index in [1.807, 2.05) is 0 Å². The molecule has 2 rings (SSSR count). The lowest BCUT2D eigenvalue weighted by molar-refractivity contribution is -0.385. The third kappa shape index (κ3) is 4.46. The van der Waals surface area contributed by atoms with Crippen LogP contribution in [-0.4, -0.2) is 20.4 Å². The molecule has 0 fully saturated rings. The molecule has 0 atom stereocenters. The number of carbonyl (C=O) groups is 1. The third-order valence-electron chi connectivity index (χ3n) is 3.19. The summed E-state index contributed by atoms with van der Waals surface area (Å²) in [6, 6.07) is 8.97. The molecule has 24 heavy (non-hydrogen) atoms. The molecule has 0 saturated heterocycles. The fourth-order valence-corrected chi connectivity index (χ4v) is 2.12. The molecule has 0 aliphatic rings. The lowest BCUT2D eigenvalue weighted by atomic mass is 10.2. The van der Waals surface area contributed by atoms with Crippen molar-refractivity contribution in [2.45, 2.75) is 13.0 Å². The highest BCUT2D eigenvalue weighted by Gasteiger charge is 2.09. The van der Waals surface area contributed by atoms with E-state index in [0.717, 1.165) is 22.9 Å². The fraction of sp³-hybridized carbons (Fsp3) is 0.133. The summed E-state index contributed by atoms with van der Waals surface area (Å²) < 4.78 is 1.13. The van der Waals surface area contributed by atoms with Crippen LogP contribution < -0.4 is 16.6 Å². The van der Waals surface area contributed by atoms with Crippen molar-refractivity contribution < 1.29 is 9.72 Å². The van der Waals surface area contributed by atoms with Crippen LogP contribution in [0.15, 0.2) is 47.4 Å². The zero-order valence-electron chi connectivity index (χ0n) is 12.5. The number of nitrogens with zero attached hydrogens (tertiary/aromatic N) is 2. The molecule has 9 heteroatoms. The van der Waals surface area contributed by atoms with Gasteiger partial charge in [-0.25, -0.2) is 0 Å². The van der Waals surface area contributed by atoms with Gasteiger partial charge in [-0.1, -0.05) is 24.4 Å². The largest absolute Gasteiger partial charge is 0.389 e. The van der Waals surface area contributed by atoms with E-state index >= 15 is 0 Å². The molecule has 0 aliphatic carbocycles. The van der Waals surface area contributed by atoms with Gasteiger partial charge in [-0.15, -0.1) is 0 Å². The van der Waals surface area contributed by atoms with Crippen LogP contribution in [0.2, 0.25) is 0 Å². The number of benzene rings is 1. The van der Waals surface area contributed by atoms with Crippen molar-refractivity contribution in [3.8, 4) is 0 Å². The summed E-state index contributed by atoms with van der Waals surface area (Å²) >= 11 is 4.87. The second kappa shape index (κ2) is 7.47. The number of nitro groups is 1. The van der Waals surface area contributed by atoms with Crippen molar-refractivity contribution in [1.82, 2.24) is 4.57 Å². The lowest BCUT2D eigenvalue weighted by Gasteiger charge is -2.08. The highest BCUT2D eigenvalue weighted by molar-refractivity contribution is 7.80. The number of anilines is 1. The summed E-state index contributed by atoms with van der Waals surface area (Å²) in [5.74, 6) is -0.339. The molecule has 0 saturated carbocycles. The first-order valence-corrected chi connectivity index (χ1v) is 7.32. The smallest absolute Gasteiger partial charge is 0.285 e. The van der Waals surface area contributed by atoms with Crippen LogP contribution in [0.1, 0.15) is 12.0 Å². The fourth-order valence-electron chi connectivity index (χ4n) is 2.00. The standard InChI is InChI=1S/C15H14N4O4S/c16-15(24)10-2-1-3-11(8-10)17-13(20)6-7-18-9-12(19(22)23)4-5-14(18)21/h1-5,8-9H,6-7H2,(H2,16,24)(H,17,20). The number of hydrogen-bond donors (Lipinski definition) is 2. The number of rotatable bonds is 6. The van der Waals surface area contributed by atoms with E-state index in [-0.39, 0.29) is 29.5 Å². The first-order valence-electron chi connectivity index (χ1n) is 6.91. The maximum Gasteiger partial charge on any atom is 0.285 e. The highest BCUT2D eigenvalue weighted by Crippen LogP contribution is 2.11. The Morgan fingerprint density at radius 1 is 1.33 bits per heavy atom. The summed E-state index contributed by atoms with van der Waals surface area (Å²) in [6.45, 7) is 0.0291. The molecule has 1 aromatic heterocycles. The molecule has 0 bridgehead atoms. The quantitative estimate of drug-likeness (QED) is 0.464. The van der Waals surface area contributed by atoms with Crippen LogP contribution in [0.3, 0.4) is 0 Å². The topological polar surface area (TPSA) is 120 Å². The Morgan fingerprint density at radius 2 is 2.08 bits per heavy atom. The second-order valence-corrected chi connectivity index (χ2v) is 5.36. The molecule has 3 N–H and O–H groups in total. The van der Waals surface area contributed by atoms with Gasteiger partial charge in [-0.3, -0.25) is 19.7 Å². The second-order valence-electron chi connectivity index (χ2n) is 4.92. The molecule has 8 nitrogen and oxygen atoms in total. The van der Waals surface area contributed by atoms with E-state index in [0.29, 0.717) is 11.3 Å². The van der Waals surface area contributed by atoms with Crippen LogP contribution in [0.25, 0.3) is 0 Å². The van der Waals surface area contributed by atoms with Gasteiger partial charge in [0, 0.05) is 36.3 Å². The Labute approximate surface area is 142 Å². The van der Waals surface area contributed by atoms with E-state index in [1.165, 1.54) is 0 Å². The van der Waals surface area contributed by atoms with Crippen LogP contribution in [0.4, 0.5) is 11.4 Å². The van der Waals surface area contributed by atoms with Gasteiger partial charge in [0.2, 0.25) is 5.91 Å². The molecule has 1 aromatic carbocycles. The van der Waals surface area contributed by atoms with Crippen molar-refractivity contribution in [3.05, 3.63) is 68.6 Å². The number of pyridine rings is 1. The molecule has 0 radical (unpaired) electrons. The highest BCUT2D eigenvalue weighted by atomic mass is 32.1. The summed E-state index contributed by atoms with van der Waals surface area (Å²) in [6.07, 6.45) is 1.10. The molecular weight excluding hydrogens is 332 g/mol. The number of nitrogens with two attached hydrogens (primary N) is 1. The Bertz CT molecular complexity index is 863. The SMILES string of the molecule is NC(=S)c1cccc(NC(=O)CCn2cc([N+](=O)[O-])ccc2=O)c1. The number of thiocarbonyl (C=S) groups is 1. The molecular formula is C15H14N4O4S. The van der Waals surface area contributed by atoms with E-state index in [9.17, 15) is 19.7 Å². The van der Waals surface area contributed by atoms with Gasteiger partial charge in [-0.05, 0) is 12.1 Å². The van der Waals surface area contributed by atoms with E-state index in [2.05, 4.69) is 5.32 Å². The molecule has 1 heterocycles. The minimum Gasteiger partial charge on any atom is -0.389 e. The van der Waals surface area contributed by atoms with Gasteiger partial charge in [0.1, 0.15) is 4.99 Å². The van der Waals surface area contributed by atoms with Gasteiger partial charge >= 0.3 is 0 Å². The van der Waals surface area contributed by atoms with Crippen molar-refractivity contribution in [1.29, 1.82) is 0 Å². The summed E-state index contributed by atoms with van der Waals surface area (Å²) in [5.41, 5.74) is 6.05. The Balaban J connectivity index is 2.02. The Hall–Kier alpha value is -3.07. The van der Waals surface area contributed by atoms with Gasteiger partial charge in [0.15, 0.2) is 0 Å². The number of amides is 1. The van der Waals surface area contributed by atoms with Crippen molar-refractivity contribution in [3.63, 3.8) is 0 Å². The molecule has 0 aliphatic heterocycles. The Kier molecular flexibility index (Phi) is 5.38. The zero-order valence-corrected chi connectivity index (χ0v) is 13.3. The lowest BCUT2D eigenvalue weighted by Crippen LogP contribution is -2.22. The maximum absolute atomic E-state index is 12.0. The average molecular weight is 346 g/mol. The van der Waals surface area contributed by atoms with Crippen LogP contribution in [-0.2, 0) is 11.3 Å². The first-order chi connectivity index (χ1) is 11.4. The molecule has 0 spiro atoms. The minimum absolute atomic E-state index is 0.0155. The van der Waals surface area contributed by atoms with Gasteiger partial charge in [-0.2, -0.15) is 0 Å². The summed E-state index contributed by atoms with van der Waals surface area (Å²) in [7, 11) is 0. The average Bonchev–Trinajstić information content (AvgIpc) is 2.54. The summed E-state index contributed by atoms with van der Waals surface area (Å²) in [4.78, 5) is 34.0. The molecule has 0 unspecified atom stereocenters. The first kappa shape index (κ1) is 17.3. The number of carbonyl (C=O) groups excluding carboxylic acids is 1. The molecule has 1 amide bonds. The normalized spacial score (nSPS) is 10.2.